The van der Waals surface area contributed by atoms with Gasteiger partial charge < -0.3 is 14.4 Å². The van der Waals surface area contributed by atoms with Crippen molar-refractivity contribution >= 4 is 21.8 Å². The van der Waals surface area contributed by atoms with E-state index in [1.54, 1.807) is 35.2 Å². The van der Waals surface area contributed by atoms with Crippen molar-refractivity contribution in [2.24, 2.45) is 0 Å². The second kappa shape index (κ2) is 11.7. The van der Waals surface area contributed by atoms with Crippen LogP contribution in [0.4, 0.5) is 4.39 Å². The number of piperazine rings is 1. The van der Waals surface area contributed by atoms with Crippen LogP contribution in [0.15, 0.2) is 42.5 Å². The van der Waals surface area contributed by atoms with Crippen molar-refractivity contribution in [2.45, 2.75) is 38.9 Å². The van der Waals surface area contributed by atoms with Gasteiger partial charge in [-0.15, -0.1) is 0 Å². The lowest BCUT2D eigenvalue weighted by atomic mass is 10.1. The monoisotopic (exact) mass is 521 g/mol. The molecule has 36 heavy (non-hydrogen) atoms. The molecule has 0 aliphatic carbocycles. The Balaban J connectivity index is 1.63. The number of amides is 2. The first kappa shape index (κ1) is 27.4. The number of rotatable bonds is 9. The third-order valence-corrected chi connectivity index (χ3v) is 6.61. The number of ether oxygens (including phenoxy) is 2. The van der Waals surface area contributed by atoms with Gasteiger partial charge in [-0.2, -0.15) is 0 Å². The third-order valence-electron chi connectivity index (χ3n) is 6.01. The van der Waals surface area contributed by atoms with E-state index in [9.17, 15) is 22.4 Å². The first-order chi connectivity index (χ1) is 16.9. The van der Waals surface area contributed by atoms with Crippen molar-refractivity contribution < 1.29 is 31.9 Å². The molecular formula is C25H32FN3O6S. The van der Waals surface area contributed by atoms with Crippen LogP contribution in [0.2, 0.25) is 0 Å². The van der Waals surface area contributed by atoms with Crippen LogP contribution in [-0.2, 0) is 32.6 Å². The van der Waals surface area contributed by atoms with Crippen molar-refractivity contribution in [3.8, 4) is 11.5 Å². The minimum atomic E-state index is -3.69. The predicted molar refractivity (Wildman–Crippen MR) is 133 cm³/mol. The van der Waals surface area contributed by atoms with E-state index < -0.39 is 15.9 Å². The Labute approximate surface area is 211 Å². The molecule has 1 heterocycles. The quantitative estimate of drug-likeness (QED) is 0.538. The van der Waals surface area contributed by atoms with Crippen molar-refractivity contribution in [1.82, 2.24) is 14.5 Å². The van der Waals surface area contributed by atoms with Crippen LogP contribution in [0.5, 0.6) is 11.5 Å². The molecule has 196 valence electrons. The number of hydrogen-bond donors (Lipinski definition) is 1. The SMILES string of the molecule is COc1ccc(CC(=O)NS(C)(=O)=O)c(OCC(=O)N2CC(C)N(Cc3ccc(F)cc3)CC2C)c1. The Morgan fingerprint density at radius 1 is 1.08 bits per heavy atom. The first-order valence-electron chi connectivity index (χ1n) is 11.5. The maximum Gasteiger partial charge on any atom is 0.260 e. The second-order valence-electron chi connectivity index (χ2n) is 9.04. The summed E-state index contributed by atoms with van der Waals surface area (Å²) in [5.74, 6) is -0.447. The predicted octanol–water partition coefficient (Wildman–Crippen LogP) is 1.95. The van der Waals surface area contributed by atoms with Crippen molar-refractivity contribution in [1.29, 1.82) is 0 Å². The molecule has 2 amide bonds. The molecule has 2 aromatic carbocycles. The molecule has 0 saturated carbocycles. The fraction of sp³-hybridized carbons (Fsp3) is 0.440. The number of benzene rings is 2. The van der Waals surface area contributed by atoms with E-state index in [1.807, 2.05) is 18.6 Å². The molecule has 9 nitrogen and oxygen atoms in total. The van der Waals surface area contributed by atoms with E-state index in [0.717, 1.165) is 11.8 Å². The topological polar surface area (TPSA) is 105 Å². The number of nitrogens with one attached hydrogen (secondary N) is 1. The summed E-state index contributed by atoms with van der Waals surface area (Å²) in [6.45, 7) is 5.58. The Hall–Kier alpha value is -3.18. The molecule has 0 spiro atoms. The van der Waals surface area contributed by atoms with E-state index in [4.69, 9.17) is 9.47 Å². The van der Waals surface area contributed by atoms with Crippen LogP contribution in [0.3, 0.4) is 0 Å². The lowest BCUT2D eigenvalue weighted by Gasteiger charge is -2.44. The number of nitrogens with zero attached hydrogens (tertiary/aromatic N) is 2. The zero-order valence-corrected chi connectivity index (χ0v) is 21.7. The number of methoxy groups -OCH3 is 1. The van der Waals surface area contributed by atoms with Gasteiger partial charge in [-0.05, 0) is 37.6 Å². The summed E-state index contributed by atoms with van der Waals surface area (Å²) in [6.07, 6.45) is 0.659. The summed E-state index contributed by atoms with van der Waals surface area (Å²) < 4.78 is 48.9. The highest BCUT2D eigenvalue weighted by Gasteiger charge is 2.32. The summed E-state index contributed by atoms with van der Waals surface area (Å²) >= 11 is 0. The first-order valence-corrected chi connectivity index (χ1v) is 13.4. The number of halogens is 1. The van der Waals surface area contributed by atoms with Crippen LogP contribution in [-0.4, -0.2) is 75.2 Å². The fourth-order valence-corrected chi connectivity index (χ4v) is 4.66. The van der Waals surface area contributed by atoms with E-state index in [0.29, 0.717) is 30.9 Å². The van der Waals surface area contributed by atoms with Gasteiger partial charge in [-0.25, -0.2) is 12.8 Å². The highest BCUT2D eigenvalue weighted by Crippen LogP contribution is 2.26. The summed E-state index contributed by atoms with van der Waals surface area (Å²) in [5, 5.41) is 0. The molecule has 0 bridgehead atoms. The van der Waals surface area contributed by atoms with Gasteiger partial charge in [-0.1, -0.05) is 18.2 Å². The lowest BCUT2D eigenvalue weighted by molar-refractivity contribution is -0.139. The maximum absolute atomic E-state index is 13.2. The van der Waals surface area contributed by atoms with Crippen LogP contribution in [0.1, 0.15) is 25.0 Å². The van der Waals surface area contributed by atoms with Gasteiger partial charge in [0.15, 0.2) is 6.61 Å². The Kier molecular flexibility index (Phi) is 8.91. The van der Waals surface area contributed by atoms with Gasteiger partial charge in [-0.3, -0.25) is 19.2 Å². The van der Waals surface area contributed by atoms with Gasteiger partial charge in [0.2, 0.25) is 15.9 Å². The van der Waals surface area contributed by atoms with Gasteiger partial charge in [0.05, 0.1) is 19.8 Å². The lowest BCUT2D eigenvalue weighted by Crippen LogP contribution is -2.58. The minimum Gasteiger partial charge on any atom is -0.497 e. The van der Waals surface area contributed by atoms with Crippen molar-refractivity contribution in [3.63, 3.8) is 0 Å². The largest absolute Gasteiger partial charge is 0.497 e. The van der Waals surface area contributed by atoms with E-state index >= 15 is 0 Å². The van der Waals surface area contributed by atoms with Gasteiger partial charge in [0.25, 0.3) is 5.91 Å². The average Bonchev–Trinajstić information content (AvgIpc) is 2.80. The normalized spacial score (nSPS) is 18.5. The number of sulfonamides is 1. The molecule has 1 aliphatic rings. The molecule has 2 aromatic rings. The van der Waals surface area contributed by atoms with E-state index in [2.05, 4.69) is 4.90 Å². The fourth-order valence-electron chi connectivity index (χ4n) is 4.17. The summed E-state index contributed by atoms with van der Waals surface area (Å²) in [7, 11) is -2.21. The van der Waals surface area contributed by atoms with Crippen LogP contribution < -0.4 is 14.2 Å². The molecule has 0 radical (unpaired) electrons. The minimum absolute atomic E-state index is 0.0666. The molecule has 1 aliphatic heterocycles. The molecule has 2 atom stereocenters. The molecular weight excluding hydrogens is 489 g/mol. The van der Waals surface area contributed by atoms with E-state index in [-0.39, 0.29) is 42.6 Å². The third kappa shape index (κ3) is 7.66. The molecule has 2 unspecified atom stereocenters. The van der Waals surface area contributed by atoms with Crippen LogP contribution in [0, 0.1) is 5.82 Å². The molecule has 1 N–H and O–H groups in total. The Morgan fingerprint density at radius 2 is 1.78 bits per heavy atom. The average molecular weight is 522 g/mol. The zero-order valence-electron chi connectivity index (χ0n) is 20.9. The highest BCUT2D eigenvalue weighted by molar-refractivity contribution is 7.89. The second-order valence-corrected chi connectivity index (χ2v) is 10.8. The highest BCUT2D eigenvalue weighted by atomic mass is 32.2. The van der Waals surface area contributed by atoms with Gasteiger partial charge in [0, 0.05) is 43.3 Å². The molecule has 11 heteroatoms. The molecule has 1 fully saturated rings. The van der Waals surface area contributed by atoms with Crippen LogP contribution in [0.25, 0.3) is 0 Å². The summed E-state index contributed by atoms with van der Waals surface area (Å²) in [6, 6.07) is 11.2. The smallest absolute Gasteiger partial charge is 0.260 e. The Bertz CT molecular complexity index is 1190. The zero-order chi connectivity index (χ0) is 26.5. The number of hydrogen-bond acceptors (Lipinski definition) is 7. The van der Waals surface area contributed by atoms with Crippen molar-refractivity contribution in [2.75, 3.05) is 33.1 Å². The van der Waals surface area contributed by atoms with E-state index in [1.165, 1.54) is 19.2 Å². The van der Waals surface area contributed by atoms with Crippen LogP contribution >= 0.6 is 0 Å². The molecule has 1 saturated heterocycles. The Morgan fingerprint density at radius 3 is 2.42 bits per heavy atom. The van der Waals surface area contributed by atoms with Gasteiger partial charge >= 0.3 is 0 Å². The number of carbonyl (C=O) groups is 2. The van der Waals surface area contributed by atoms with Gasteiger partial charge in [0.1, 0.15) is 17.3 Å². The number of carbonyl (C=O) groups excluding carboxylic acids is 2. The summed E-state index contributed by atoms with van der Waals surface area (Å²) in [5.41, 5.74) is 1.43. The van der Waals surface area contributed by atoms with Crippen molar-refractivity contribution in [3.05, 3.63) is 59.4 Å². The molecule has 3 rings (SSSR count). The molecule has 0 aromatic heterocycles. The standard InChI is InChI=1S/C25H32FN3O6S/c1-17-14-29(18(2)13-28(17)15-19-5-8-21(26)9-6-19)25(31)16-35-23-12-22(34-3)10-7-20(23)11-24(30)27-36(4,32)33/h5-10,12,17-18H,11,13-16H2,1-4H3,(H,27,30). The maximum atomic E-state index is 13.2. The summed E-state index contributed by atoms with van der Waals surface area (Å²) in [4.78, 5) is 29.2.